The van der Waals surface area contributed by atoms with Gasteiger partial charge in [0.15, 0.2) is 0 Å². The molecule has 1 aromatic carbocycles. The normalized spacial score (nSPS) is 28.8. The van der Waals surface area contributed by atoms with Crippen LogP contribution < -0.4 is 0 Å². The van der Waals surface area contributed by atoms with Crippen molar-refractivity contribution in [3.05, 3.63) is 61.2 Å². The first-order valence-electron chi connectivity index (χ1n) is 14.2. The Labute approximate surface area is 237 Å². The fourth-order valence-corrected chi connectivity index (χ4v) is 9.34. The molecular weight excluding hydrogens is 510 g/mol. The molecule has 2 unspecified atom stereocenters. The zero-order chi connectivity index (χ0) is 28.2. The van der Waals surface area contributed by atoms with Crippen molar-refractivity contribution in [3.8, 4) is 0 Å². The van der Waals surface area contributed by atoms with Crippen LogP contribution in [-0.4, -0.2) is 85.8 Å². The fraction of sp³-hybridized carbons (Fsp3) is 0.581. The molecule has 3 aliphatic heterocycles. The monoisotopic (exact) mass is 553 g/mol. The Bertz CT molecular complexity index is 1080. The van der Waals surface area contributed by atoms with E-state index >= 15 is 0 Å². The van der Waals surface area contributed by atoms with Gasteiger partial charge in [0.1, 0.15) is 6.04 Å². The second-order valence-corrected chi connectivity index (χ2v) is 13.2. The third-order valence-electron chi connectivity index (χ3n) is 8.62. The number of carbonyl (C=O) groups is 3. The molecule has 1 aromatic rings. The molecule has 0 aromatic heterocycles. The maximum absolute atomic E-state index is 14.5. The lowest BCUT2D eigenvalue weighted by Gasteiger charge is -2.38. The van der Waals surface area contributed by atoms with E-state index in [1.165, 1.54) is 0 Å². The zero-order valence-corrected chi connectivity index (χ0v) is 24.2. The van der Waals surface area contributed by atoms with Crippen LogP contribution in [0.5, 0.6) is 0 Å². The van der Waals surface area contributed by atoms with Crippen LogP contribution in [0.25, 0.3) is 0 Å². The number of rotatable bonds is 14. The van der Waals surface area contributed by atoms with Crippen molar-refractivity contribution in [2.45, 2.75) is 68.0 Å². The molecule has 3 amide bonds. The third-order valence-corrected chi connectivity index (χ3v) is 10.6. The molecule has 5 atom stereocenters. The molecule has 7 nitrogen and oxygen atoms in total. The van der Waals surface area contributed by atoms with Gasteiger partial charge >= 0.3 is 0 Å². The molecule has 1 N–H and O–H groups in total. The molecule has 3 heterocycles. The Balaban J connectivity index is 1.74. The van der Waals surface area contributed by atoms with Crippen LogP contribution >= 0.6 is 11.8 Å². The second kappa shape index (κ2) is 12.3. The number of likely N-dealkylation sites (tertiary alicyclic amines) is 1. The first-order valence-corrected chi connectivity index (χ1v) is 15.0. The van der Waals surface area contributed by atoms with Gasteiger partial charge in [-0.05, 0) is 44.6 Å². The lowest BCUT2D eigenvalue weighted by atomic mass is 9.66. The molecule has 4 rings (SSSR count). The van der Waals surface area contributed by atoms with E-state index in [1.807, 2.05) is 42.2 Å². The van der Waals surface area contributed by atoms with Gasteiger partial charge in [-0.2, -0.15) is 0 Å². The van der Waals surface area contributed by atoms with E-state index in [-0.39, 0.29) is 24.3 Å². The van der Waals surface area contributed by atoms with Crippen molar-refractivity contribution in [3.63, 3.8) is 0 Å². The number of fused-ring (bicyclic) bond motifs is 1. The highest BCUT2D eigenvalue weighted by Gasteiger charge is 2.77. The molecule has 1 spiro atoms. The number of aliphatic hydroxyl groups is 1. The number of thioether (sulfide) groups is 1. The summed E-state index contributed by atoms with van der Waals surface area (Å²) < 4.78 is -1.05. The molecule has 0 aliphatic carbocycles. The number of nitrogens with zero attached hydrogens (tertiary/aromatic N) is 3. The summed E-state index contributed by atoms with van der Waals surface area (Å²) in [5.41, 5.74) is 1.01. The van der Waals surface area contributed by atoms with Gasteiger partial charge in [0.25, 0.3) is 0 Å². The summed E-state index contributed by atoms with van der Waals surface area (Å²) in [6.07, 6.45) is 6.97. The van der Waals surface area contributed by atoms with E-state index in [0.29, 0.717) is 45.6 Å². The molecule has 3 aliphatic rings. The van der Waals surface area contributed by atoms with Gasteiger partial charge in [-0.1, -0.05) is 49.4 Å². The topological polar surface area (TPSA) is 81.2 Å². The Morgan fingerprint density at radius 1 is 1.10 bits per heavy atom. The van der Waals surface area contributed by atoms with E-state index in [9.17, 15) is 19.5 Å². The Kier molecular flexibility index (Phi) is 9.27. The lowest BCUT2D eigenvalue weighted by Crippen LogP contribution is -2.55. The molecule has 0 radical (unpaired) electrons. The average molecular weight is 554 g/mol. The van der Waals surface area contributed by atoms with Gasteiger partial charge in [0.05, 0.1) is 16.6 Å². The smallest absolute Gasteiger partial charge is 0.247 e. The van der Waals surface area contributed by atoms with E-state index in [2.05, 4.69) is 20.1 Å². The van der Waals surface area contributed by atoms with Crippen molar-refractivity contribution in [2.75, 3.05) is 32.8 Å². The lowest BCUT2D eigenvalue weighted by molar-refractivity contribution is -0.145. The van der Waals surface area contributed by atoms with Gasteiger partial charge in [0.2, 0.25) is 17.7 Å². The number of hydrogen-bond acceptors (Lipinski definition) is 5. The largest absolute Gasteiger partial charge is 0.396 e. The van der Waals surface area contributed by atoms with Crippen LogP contribution in [0.1, 0.15) is 51.5 Å². The Morgan fingerprint density at radius 2 is 1.79 bits per heavy atom. The maximum atomic E-state index is 14.5. The Hall–Kier alpha value is -2.58. The van der Waals surface area contributed by atoms with Gasteiger partial charge < -0.3 is 19.8 Å². The predicted molar refractivity (Wildman–Crippen MR) is 156 cm³/mol. The van der Waals surface area contributed by atoms with Crippen molar-refractivity contribution >= 4 is 29.5 Å². The Morgan fingerprint density at radius 3 is 2.44 bits per heavy atom. The van der Waals surface area contributed by atoms with E-state index in [0.717, 1.165) is 24.8 Å². The quantitative estimate of drug-likeness (QED) is 0.279. The van der Waals surface area contributed by atoms with Crippen LogP contribution in [0.4, 0.5) is 0 Å². The van der Waals surface area contributed by atoms with E-state index in [1.54, 1.807) is 33.7 Å². The highest BCUT2D eigenvalue weighted by Crippen LogP contribution is 2.71. The van der Waals surface area contributed by atoms with Crippen LogP contribution in [0.15, 0.2) is 55.6 Å². The fourth-order valence-electron chi connectivity index (χ4n) is 6.99. The van der Waals surface area contributed by atoms with Crippen molar-refractivity contribution in [1.29, 1.82) is 0 Å². The summed E-state index contributed by atoms with van der Waals surface area (Å²) in [7, 11) is 0. The van der Waals surface area contributed by atoms with Gasteiger partial charge in [-0.3, -0.25) is 14.4 Å². The van der Waals surface area contributed by atoms with Crippen molar-refractivity contribution in [1.82, 2.24) is 14.7 Å². The van der Waals surface area contributed by atoms with Crippen molar-refractivity contribution in [2.24, 2.45) is 11.8 Å². The number of amides is 3. The van der Waals surface area contributed by atoms with Gasteiger partial charge in [-0.15, -0.1) is 24.9 Å². The molecule has 39 heavy (non-hydrogen) atoms. The molecule has 212 valence electrons. The highest BCUT2D eigenvalue weighted by atomic mass is 32.2. The molecule has 3 fully saturated rings. The zero-order valence-electron chi connectivity index (χ0n) is 23.4. The average Bonchev–Trinajstić information content (AvgIpc) is 3.49. The molecule has 2 bridgehead atoms. The summed E-state index contributed by atoms with van der Waals surface area (Å²) in [6, 6.07) is 9.20. The number of aliphatic hydroxyl groups excluding tert-OH is 1. The summed E-state index contributed by atoms with van der Waals surface area (Å²) >= 11 is 1.71. The highest BCUT2D eigenvalue weighted by molar-refractivity contribution is 8.02. The van der Waals surface area contributed by atoms with Crippen LogP contribution in [0.3, 0.4) is 0 Å². The standard InChI is InChI=1S/C31H43N3O4S/c1-5-17-32(18-6-2)27(36)24-25-28(37)34(20-11-12-21-35)26(31(25)16-15-30(24,4)39-31)29(38)33(19-7-3)22-23-13-9-8-10-14-23/h5,7-10,13-14,24-26,35H,1,3,6,11-12,15-22H2,2,4H3/t24-,25-,26?,30+,31?/m0/s1. The van der Waals surface area contributed by atoms with Gasteiger partial charge in [0, 0.05) is 44.1 Å². The number of hydrogen-bond donors (Lipinski definition) is 1. The van der Waals surface area contributed by atoms with Crippen LogP contribution in [0.2, 0.25) is 0 Å². The summed E-state index contributed by atoms with van der Waals surface area (Å²) in [5.74, 6) is -1.19. The number of benzene rings is 1. The number of carbonyl (C=O) groups excluding carboxylic acids is 3. The van der Waals surface area contributed by atoms with E-state index in [4.69, 9.17) is 0 Å². The maximum Gasteiger partial charge on any atom is 0.247 e. The first kappa shape index (κ1) is 29.4. The predicted octanol–water partition coefficient (Wildman–Crippen LogP) is 3.88. The minimum Gasteiger partial charge on any atom is -0.396 e. The molecule has 3 saturated heterocycles. The third kappa shape index (κ3) is 5.30. The van der Waals surface area contributed by atoms with Gasteiger partial charge in [-0.25, -0.2) is 0 Å². The molecule has 8 heteroatoms. The molecule has 0 saturated carbocycles. The summed E-state index contributed by atoms with van der Waals surface area (Å²) in [6.45, 7) is 14.2. The van der Waals surface area contributed by atoms with Crippen molar-refractivity contribution < 1.29 is 19.5 Å². The van der Waals surface area contributed by atoms with Crippen LogP contribution in [0, 0.1) is 11.8 Å². The summed E-state index contributed by atoms with van der Waals surface area (Å²) in [4.78, 5) is 48.2. The SMILES string of the molecule is C=CCN(Cc1ccccc1)C(=O)C1N(CCCCO)C(=O)[C@@H]2[C@@H](C(=O)N(CC=C)CCC)[C@@]3(C)CCC12S3. The first-order chi connectivity index (χ1) is 18.8. The summed E-state index contributed by atoms with van der Waals surface area (Å²) in [5, 5.41) is 9.43. The number of unbranched alkanes of at least 4 members (excludes halogenated alkanes) is 1. The molecular formula is C31H43N3O4S. The van der Waals surface area contributed by atoms with Crippen LogP contribution in [-0.2, 0) is 20.9 Å². The van der Waals surface area contributed by atoms with E-state index < -0.39 is 27.4 Å². The second-order valence-electron chi connectivity index (χ2n) is 11.3. The minimum absolute atomic E-state index is 0.00214. The minimum atomic E-state index is -0.652.